The Balaban J connectivity index is 2.63. The fourth-order valence-electron chi connectivity index (χ4n) is 2.44. The Labute approximate surface area is 98.6 Å². The Morgan fingerprint density at radius 3 is 2.00 bits per heavy atom. The molecule has 0 radical (unpaired) electrons. The molecule has 0 aromatic heterocycles. The van der Waals surface area contributed by atoms with E-state index in [1.807, 2.05) is 0 Å². The topological polar surface area (TPSA) is 12.4 Å². The fourth-order valence-corrected chi connectivity index (χ4v) is 2.44. The van der Waals surface area contributed by atoms with Gasteiger partial charge in [0.15, 0.2) is 0 Å². The van der Waals surface area contributed by atoms with E-state index in [-0.39, 0.29) is 0 Å². The zero-order valence-corrected chi connectivity index (χ0v) is 11.2. The van der Waals surface area contributed by atoms with Gasteiger partial charge in [-0.2, -0.15) is 0 Å². The van der Waals surface area contributed by atoms with Crippen LogP contribution in [0.15, 0.2) is 4.99 Å². The van der Waals surface area contributed by atoms with Crippen molar-refractivity contribution in [2.75, 3.05) is 0 Å². The van der Waals surface area contributed by atoms with E-state index in [0.717, 1.165) is 6.42 Å². The maximum absolute atomic E-state index is 4.83. The number of hydrogen-bond acceptors (Lipinski definition) is 1. The molecule has 16 heavy (non-hydrogen) atoms. The molecule has 0 N–H and O–H groups in total. The van der Waals surface area contributed by atoms with Crippen molar-refractivity contribution in [1.29, 1.82) is 0 Å². The molecule has 0 fully saturated rings. The predicted octanol–water partition coefficient (Wildman–Crippen LogP) is 4.20. The highest BCUT2D eigenvalue weighted by Gasteiger charge is 2.22. The third-order valence-electron chi connectivity index (χ3n) is 4.06. The number of hydrogen-bond donors (Lipinski definition) is 0. The van der Waals surface area contributed by atoms with Crippen LogP contribution in [0.1, 0.15) is 41.7 Å². The summed E-state index contributed by atoms with van der Waals surface area (Å²) in [5, 5.41) is 0. The third-order valence-corrected chi connectivity index (χ3v) is 4.06. The average Bonchev–Trinajstić information content (AvgIpc) is 2.68. The molecule has 0 saturated heterocycles. The molecule has 1 nitrogen and oxygen atoms in total. The maximum Gasteiger partial charge on any atom is 0.0699 e. The van der Waals surface area contributed by atoms with Crippen LogP contribution in [0.5, 0.6) is 0 Å². The van der Waals surface area contributed by atoms with E-state index < -0.39 is 0 Å². The summed E-state index contributed by atoms with van der Waals surface area (Å²) in [5.41, 5.74) is 9.72. The molecule has 86 valence electrons. The lowest BCUT2D eigenvalue weighted by molar-refractivity contribution is 0.870. The highest BCUT2D eigenvalue weighted by molar-refractivity contribution is 5.96. The van der Waals surface area contributed by atoms with Gasteiger partial charge in [0.05, 0.1) is 5.69 Å². The second-order valence-electron chi connectivity index (χ2n) is 5.26. The zero-order chi connectivity index (χ0) is 12.0. The van der Waals surface area contributed by atoms with Crippen LogP contribution < -0.4 is 0 Å². The summed E-state index contributed by atoms with van der Waals surface area (Å²) < 4.78 is 0. The highest BCUT2D eigenvalue weighted by Crippen LogP contribution is 2.38. The molecular formula is C15H21N. The quantitative estimate of drug-likeness (QED) is 0.665. The van der Waals surface area contributed by atoms with Crippen LogP contribution in [0, 0.1) is 33.6 Å². The van der Waals surface area contributed by atoms with Crippen molar-refractivity contribution in [2.45, 2.75) is 48.0 Å². The first-order valence-electron chi connectivity index (χ1n) is 6.10. The van der Waals surface area contributed by atoms with Gasteiger partial charge in [-0.1, -0.05) is 13.8 Å². The van der Waals surface area contributed by atoms with Gasteiger partial charge in [-0.05, 0) is 61.4 Å². The molecule has 2 rings (SSSR count). The van der Waals surface area contributed by atoms with Crippen molar-refractivity contribution in [3.63, 3.8) is 0 Å². The smallest absolute Gasteiger partial charge is 0.0699 e. The van der Waals surface area contributed by atoms with E-state index >= 15 is 0 Å². The molecular weight excluding hydrogens is 194 g/mol. The van der Waals surface area contributed by atoms with Gasteiger partial charge in [0.1, 0.15) is 0 Å². The Morgan fingerprint density at radius 1 is 0.875 bits per heavy atom. The summed E-state index contributed by atoms with van der Waals surface area (Å²) >= 11 is 0. The predicted molar refractivity (Wildman–Crippen MR) is 71.0 cm³/mol. The summed E-state index contributed by atoms with van der Waals surface area (Å²) in [6.07, 6.45) is 1.06. The van der Waals surface area contributed by atoms with Crippen LogP contribution >= 0.6 is 0 Å². The van der Waals surface area contributed by atoms with E-state index in [1.54, 1.807) is 0 Å². The van der Waals surface area contributed by atoms with Crippen molar-refractivity contribution < 1.29 is 0 Å². The van der Waals surface area contributed by atoms with E-state index in [1.165, 1.54) is 39.2 Å². The number of fused-ring (bicyclic) bond motifs is 1. The van der Waals surface area contributed by atoms with Crippen LogP contribution in [0.2, 0.25) is 0 Å². The molecule has 0 saturated carbocycles. The minimum absolute atomic E-state index is 0.562. The molecule has 0 amide bonds. The summed E-state index contributed by atoms with van der Waals surface area (Å²) in [7, 11) is 0. The van der Waals surface area contributed by atoms with E-state index in [9.17, 15) is 0 Å². The van der Waals surface area contributed by atoms with Crippen LogP contribution in [-0.2, 0) is 6.42 Å². The van der Waals surface area contributed by atoms with Gasteiger partial charge in [0.25, 0.3) is 0 Å². The van der Waals surface area contributed by atoms with Crippen molar-refractivity contribution >= 4 is 11.4 Å². The van der Waals surface area contributed by atoms with Gasteiger partial charge in [-0.15, -0.1) is 0 Å². The Bertz CT molecular complexity index is 479. The van der Waals surface area contributed by atoms with E-state index in [0.29, 0.717) is 5.92 Å². The first kappa shape index (κ1) is 11.4. The van der Waals surface area contributed by atoms with Crippen LogP contribution in [0.25, 0.3) is 0 Å². The molecule has 1 aliphatic heterocycles. The molecule has 1 heterocycles. The van der Waals surface area contributed by atoms with E-state index in [2.05, 4.69) is 41.5 Å². The molecule has 1 aromatic carbocycles. The summed E-state index contributed by atoms with van der Waals surface area (Å²) in [6.45, 7) is 13.3. The second-order valence-corrected chi connectivity index (χ2v) is 5.26. The van der Waals surface area contributed by atoms with Gasteiger partial charge in [-0.25, -0.2) is 0 Å². The largest absolute Gasteiger partial charge is 0.257 e. The van der Waals surface area contributed by atoms with Gasteiger partial charge in [0, 0.05) is 12.1 Å². The molecule has 1 heteroatoms. The first-order valence-corrected chi connectivity index (χ1v) is 6.10. The Morgan fingerprint density at radius 2 is 1.44 bits per heavy atom. The average molecular weight is 215 g/mol. The number of benzene rings is 1. The summed E-state index contributed by atoms with van der Waals surface area (Å²) in [6, 6.07) is 0. The van der Waals surface area contributed by atoms with Crippen molar-refractivity contribution in [3.05, 3.63) is 27.8 Å². The van der Waals surface area contributed by atoms with Crippen molar-refractivity contribution in [1.82, 2.24) is 0 Å². The first-order chi connectivity index (χ1) is 7.43. The van der Waals surface area contributed by atoms with Gasteiger partial charge >= 0.3 is 0 Å². The number of rotatable bonds is 1. The minimum atomic E-state index is 0.562. The summed E-state index contributed by atoms with van der Waals surface area (Å²) in [4.78, 5) is 4.83. The lowest BCUT2D eigenvalue weighted by Gasteiger charge is -2.14. The van der Waals surface area contributed by atoms with E-state index in [4.69, 9.17) is 4.99 Å². The maximum atomic E-state index is 4.83. The molecule has 0 bridgehead atoms. The molecule has 0 aliphatic carbocycles. The van der Waals surface area contributed by atoms with Crippen molar-refractivity contribution in [3.8, 4) is 0 Å². The van der Waals surface area contributed by atoms with Crippen LogP contribution in [0.4, 0.5) is 5.69 Å². The Hall–Kier alpha value is -1.11. The molecule has 0 atom stereocenters. The lowest BCUT2D eigenvalue weighted by Crippen LogP contribution is -2.07. The third kappa shape index (κ3) is 1.50. The zero-order valence-electron chi connectivity index (χ0n) is 11.2. The van der Waals surface area contributed by atoms with Gasteiger partial charge in [-0.3, -0.25) is 4.99 Å². The lowest BCUT2D eigenvalue weighted by atomic mass is 9.91. The number of nitrogens with zero attached hydrogens (tertiary/aromatic N) is 1. The molecule has 0 spiro atoms. The molecule has 1 aliphatic rings. The Kier molecular flexibility index (Phi) is 2.65. The second kappa shape index (κ2) is 3.73. The number of aliphatic imine (C=N–C) groups is 1. The van der Waals surface area contributed by atoms with Gasteiger partial charge in [0.2, 0.25) is 0 Å². The van der Waals surface area contributed by atoms with Crippen LogP contribution in [0.3, 0.4) is 0 Å². The molecule has 0 unspecified atom stereocenters. The fraction of sp³-hybridized carbons (Fsp3) is 0.533. The van der Waals surface area contributed by atoms with Crippen molar-refractivity contribution in [2.24, 2.45) is 10.9 Å². The minimum Gasteiger partial charge on any atom is -0.257 e. The summed E-state index contributed by atoms with van der Waals surface area (Å²) in [5.74, 6) is 0.562. The SMILES string of the molecule is Cc1c(C)c(C)c2c(c1C)CC(C(C)C)=N2. The van der Waals surface area contributed by atoms with Gasteiger partial charge < -0.3 is 0 Å². The normalized spacial score (nSPS) is 14.3. The molecule has 1 aromatic rings. The standard InChI is InChI=1S/C15H21N/c1-8(2)14-7-13-11(5)9(3)10(4)12(6)15(13)16-14/h8H,7H2,1-6H3. The highest BCUT2D eigenvalue weighted by atomic mass is 14.8. The van der Waals surface area contributed by atoms with Crippen LogP contribution in [-0.4, -0.2) is 5.71 Å². The monoisotopic (exact) mass is 215 g/mol.